The highest BCUT2D eigenvalue weighted by Crippen LogP contribution is 2.15. The molecule has 1 aliphatic heterocycles. The Hall–Kier alpha value is -1.62. The van der Waals surface area contributed by atoms with E-state index in [1.54, 1.807) is 12.4 Å². The Morgan fingerprint density at radius 2 is 2.00 bits per heavy atom. The first-order valence-electron chi connectivity index (χ1n) is 5.73. The number of piperidine rings is 1. The normalized spacial score (nSPS) is 17.8. The Morgan fingerprint density at radius 1 is 1.12 bits per heavy atom. The van der Waals surface area contributed by atoms with Crippen molar-refractivity contribution in [1.29, 1.82) is 0 Å². The van der Waals surface area contributed by atoms with Crippen LogP contribution in [0.25, 0.3) is 5.52 Å². The smallest absolute Gasteiger partial charge is 0.166 e. The molecule has 0 atom stereocenters. The zero-order valence-corrected chi connectivity index (χ0v) is 9.13. The van der Waals surface area contributed by atoms with Crippen LogP contribution in [0.3, 0.4) is 0 Å². The molecule has 2 aromatic heterocycles. The largest absolute Gasteiger partial charge is 0.301 e. The highest BCUT2D eigenvalue weighted by molar-refractivity contribution is 5.66. The van der Waals surface area contributed by atoms with Gasteiger partial charge < -0.3 is 5.43 Å². The third-order valence-corrected chi connectivity index (χ3v) is 2.94. The number of rotatable bonds is 2. The lowest BCUT2D eigenvalue weighted by molar-refractivity contribution is 0.272. The maximum atomic E-state index is 4.36. The molecule has 0 radical (unpaired) electrons. The van der Waals surface area contributed by atoms with E-state index in [2.05, 4.69) is 20.5 Å². The predicted molar refractivity (Wildman–Crippen MR) is 62.0 cm³/mol. The predicted octanol–water partition coefficient (Wildman–Crippen LogP) is 1.54. The first kappa shape index (κ1) is 9.59. The maximum Gasteiger partial charge on any atom is 0.166 e. The van der Waals surface area contributed by atoms with Crippen molar-refractivity contribution in [3.05, 3.63) is 24.7 Å². The topological polar surface area (TPSA) is 45.5 Å². The number of nitrogens with one attached hydrogen (secondary N) is 1. The minimum absolute atomic E-state index is 0.891. The van der Waals surface area contributed by atoms with Gasteiger partial charge in [-0.15, -0.1) is 0 Å². The van der Waals surface area contributed by atoms with Crippen molar-refractivity contribution in [1.82, 2.24) is 19.6 Å². The molecule has 0 aliphatic carbocycles. The van der Waals surface area contributed by atoms with Crippen LogP contribution in [0, 0.1) is 0 Å². The molecule has 3 heterocycles. The van der Waals surface area contributed by atoms with Crippen LogP contribution in [0.5, 0.6) is 0 Å². The quantitative estimate of drug-likeness (QED) is 0.829. The van der Waals surface area contributed by atoms with Crippen molar-refractivity contribution >= 4 is 11.3 Å². The molecule has 16 heavy (non-hydrogen) atoms. The Balaban J connectivity index is 1.85. The van der Waals surface area contributed by atoms with E-state index in [9.17, 15) is 0 Å². The van der Waals surface area contributed by atoms with Gasteiger partial charge in [0.15, 0.2) is 5.82 Å². The number of fused-ring (bicyclic) bond motifs is 1. The summed E-state index contributed by atoms with van der Waals surface area (Å²) in [7, 11) is 0. The van der Waals surface area contributed by atoms with Crippen LogP contribution >= 0.6 is 0 Å². The lowest BCUT2D eigenvalue weighted by atomic mass is 10.2. The molecule has 0 amide bonds. The third-order valence-electron chi connectivity index (χ3n) is 2.94. The first-order valence-corrected chi connectivity index (χ1v) is 5.73. The van der Waals surface area contributed by atoms with Gasteiger partial charge in [0, 0.05) is 25.5 Å². The summed E-state index contributed by atoms with van der Waals surface area (Å²) >= 11 is 0. The van der Waals surface area contributed by atoms with Gasteiger partial charge in [-0.2, -0.15) is 5.10 Å². The lowest BCUT2D eigenvalue weighted by Crippen LogP contribution is -2.35. The van der Waals surface area contributed by atoms with Crippen LogP contribution in [-0.4, -0.2) is 32.7 Å². The summed E-state index contributed by atoms with van der Waals surface area (Å²) in [6.07, 6.45) is 9.27. The fraction of sp³-hybridized carbons (Fsp3) is 0.455. The number of nitrogens with zero attached hydrogens (tertiary/aromatic N) is 4. The monoisotopic (exact) mass is 217 g/mol. The van der Waals surface area contributed by atoms with E-state index in [0.717, 1.165) is 24.4 Å². The number of hydrazine groups is 1. The minimum Gasteiger partial charge on any atom is -0.301 e. The molecule has 2 aromatic rings. The van der Waals surface area contributed by atoms with Crippen LogP contribution in [-0.2, 0) is 0 Å². The Morgan fingerprint density at radius 3 is 2.88 bits per heavy atom. The van der Waals surface area contributed by atoms with Crippen molar-refractivity contribution in [2.24, 2.45) is 0 Å². The molecular formula is C11H15N5. The van der Waals surface area contributed by atoms with E-state index in [1.165, 1.54) is 19.3 Å². The molecule has 1 N–H and O–H groups in total. The zero-order chi connectivity index (χ0) is 10.8. The van der Waals surface area contributed by atoms with Crippen LogP contribution in [0.2, 0.25) is 0 Å². The van der Waals surface area contributed by atoms with Gasteiger partial charge in [0.1, 0.15) is 5.52 Å². The maximum absolute atomic E-state index is 4.36. The van der Waals surface area contributed by atoms with Crippen LogP contribution < -0.4 is 5.43 Å². The fourth-order valence-electron chi connectivity index (χ4n) is 2.10. The summed E-state index contributed by atoms with van der Waals surface area (Å²) < 4.78 is 1.83. The number of aromatic nitrogens is 3. The van der Waals surface area contributed by atoms with Crippen molar-refractivity contribution in [2.75, 3.05) is 18.5 Å². The molecule has 0 bridgehead atoms. The van der Waals surface area contributed by atoms with Gasteiger partial charge in [-0.1, -0.05) is 6.42 Å². The summed E-state index contributed by atoms with van der Waals surface area (Å²) in [5, 5.41) is 6.43. The number of hydrogen-bond donors (Lipinski definition) is 1. The molecule has 0 spiro atoms. The summed E-state index contributed by atoms with van der Waals surface area (Å²) in [5.74, 6) is 0.891. The summed E-state index contributed by atoms with van der Waals surface area (Å²) in [5.41, 5.74) is 4.39. The van der Waals surface area contributed by atoms with Gasteiger partial charge >= 0.3 is 0 Å². The van der Waals surface area contributed by atoms with E-state index >= 15 is 0 Å². The number of anilines is 1. The zero-order valence-electron chi connectivity index (χ0n) is 9.13. The average molecular weight is 217 g/mol. The second-order valence-corrected chi connectivity index (χ2v) is 4.10. The third kappa shape index (κ3) is 1.74. The van der Waals surface area contributed by atoms with Crippen molar-refractivity contribution < 1.29 is 0 Å². The van der Waals surface area contributed by atoms with Gasteiger partial charge in [0.05, 0.1) is 6.20 Å². The van der Waals surface area contributed by atoms with Gasteiger partial charge in [-0.3, -0.25) is 0 Å². The molecule has 0 aromatic carbocycles. The molecule has 0 saturated carbocycles. The molecule has 0 unspecified atom stereocenters. The van der Waals surface area contributed by atoms with E-state index in [1.807, 2.05) is 16.8 Å². The molecule has 84 valence electrons. The highest BCUT2D eigenvalue weighted by atomic mass is 15.5. The number of hydrogen-bond acceptors (Lipinski definition) is 4. The fourth-order valence-corrected chi connectivity index (χ4v) is 2.10. The SMILES string of the molecule is c1cn2nccc2c(NN2CCCCC2)n1. The van der Waals surface area contributed by atoms with E-state index < -0.39 is 0 Å². The summed E-state index contributed by atoms with van der Waals surface area (Å²) in [6, 6.07) is 1.97. The Bertz CT molecular complexity index is 472. The van der Waals surface area contributed by atoms with Crippen molar-refractivity contribution in [3.8, 4) is 0 Å². The average Bonchev–Trinajstić information content (AvgIpc) is 2.80. The van der Waals surface area contributed by atoms with Gasteiger partial charge in [0.2, 0.25) is 0 Å². The first-order chi connectivity index (χ1) is 7.93. The summed E-state index contributed by atoms with van der Waals surface area (Å²) in [6.45, 7) is 2.19. The molecule has 3 rings (SSSR count). The lowest BCUT2D eigenvalue weighted by Gasteiger charge is -2.27. The molecule has 5 nitrogen and oxygen atoms in total. The summed E-state index contributed by atoms with van der Waals surface area (Å²) in [4.78, 5) is 4.36. The van der Waals surface area contributed by atoms with Crippen LogP contribution in [0.4, 0.5) is 5.82 Å². The van der Waals surface area contributed by atoms with Crippen LogP contribution in [0.1, 0.15) is 19.3 Å². The van der Waals surface area contributed by atoms with E-state index in [-0.39, 0.29) is 0 Å². The minimum atomic E-state index is 0.891. The van der Waals surface area contributed by atoms with Gasteiger partial charge in [-0.25, -0.2) is 14.5 Å². The van der Waals surface area contributed by atoms with Gasteiger partial charge in [-0.05, 0) is 18.9 Å². The highest BCUT2D eigenvalue weighted by Gasteiger charge is 2.11. The van der Waals surface area contributed by atoms with Gasteiger partial charge in [0.25, 0.3) is 0 Å². The Labute approximate surface area is 94.1 Å². The van der Waals surface area contributed by atoms with E-state index in [0.29, 0.717) is 0 Å². The molecule has 5 heteroatoms. The second kappa shape index (κ2) is 4.09. The van der Waals surface area contributed by atoms with E-state index in [4.69, 9.17) is 0 Å². The van der Waals surface area contributed by atoms with Crippen LogP contribution in [0.15, 0.2) is 24.7 Å². The second-order valence-electron chi connectivity index (χ2n) is 4.10. The molecular weight excluding hydrogens is 202 g/mol. The molecule has 1 fully saturated rings. The van der Waals surface area contributed by atoms with Crippen molar-refractivity contribution in [2.45, 2.75) is 19.3 Å². The Kier molecular flexibility index (Phi) is 2.46. The molecule has 1 saturated heterocycles. The standard InChI is InChI=1S/C11H15N5/c1-2-7-15(8-3-1)14-11-10-4-5-13-16(10)9-6-12-11/h4-6,9H,1-3,7-8H2,(H,12,14). The van der Waals surface area contributed by atoms with Crippen molar-refractivity contribution in [3.63, 3.8) is 0 Å². The molecule has 1 aliphatic rings.